The third kappa shape index (κ3) is 5.22. The minimum absolute atomic E-state index is 0.00794. The van der Waals surface area contributed by atoms with Gasteiger partial charge in [0.2, 0.25) is 0 Å². The Hall–Kier alpha value is -2.95. The number of alkyl halides is 6. The van der Waals surface area contributed by atoms with E-state index in [0.717, 1.165) is 60.3 Å². The molecule has 4 nitrogen and oxygen atoms in total. The summed E-state index contributed by atoms with van der Waals surface area (Å²) in [6.07, 6.45) is -9.09. The average molecular weight is 461 g/mol. The summed E-state index contributed by atoms with van der Waals surface area (Å²) in [5.74, 6) is -1.14. The quantitative estimate of drug-likeness (QED) is 0.342. The Morgan fingerprint density at radius 3 is 1.77 bits per heavy atom. The zero-order chi connectivity index (χ0) is 23.0. The van der Waals surface area contributed by atoms with Crippen LogP contribution in [-0.4, -0.2) is 21.3 Å². The first-order chi connectivity index (χ1) is 14.4. The predicted molar refractivity (Wildman–Crippen MR) is 100 cm³/mol. The van der Waals surface area contributed by atoms with Gasteiger partial charge < -0.3 is 9.52 Å². The molecule has 11 heteroatoms. The standard InChI is InChI=1S/C20H13F6NO3S/c1-10(17(28)29)31-18-27-15(11-2-6-13(7-3-11)19(21,22)23)16(30-18)12-4-8-14(9-5-12)20(24,25)26/h2-10H,1H3,(H,28,29). The van der Waals surface area contributed by atoms with Crippen LogP contribution in [0.1, 0.15) is 18.1 Å². The average Bonchev–Trinajstić information content (AvgIpc) is 3.10. The largest absolute Gasteiger partial charge is 0.480 e. The van der Waals surface area contributed by atoms with E-state index in [1.54, 1.807) is 0 Å². The molecule has 3 rings (SSSR count). The smallest absolute Gasteiger partial charge is 0.416 e. The first-order valence-corrected chi connectivity index (χ1v) is 9.50. The molecule has 164 valence electrons. The van der Waals surface area contributed by atoms with Crippen molar-refractivity contribution < 1.29 is 40.7 Å². The van der Waals surface area contributed by atoms with E-state index in [1.807, 2.05) is 0 Å². The summed E-state index contributed by atoms with van der Waals surface area (Å²) in [5, 5.41) is 8.04. The molecule has 0 aliphatic heterocycles. The maximum Gasteiger partial charge on any atom is 0.416 e. The molecule has 0 amide bonds. The first kappa shape index (κ1) is 22.7. The fourth-order valence-corrected chi connectivity index (χ4v) is 3.25. The summed E-state index contributed by atoms with van der Waals surface area (Å²) >= 11 is 0.754. The molecule has 1 unspecified atom stereocenters. The summed E-state index contributed by atoms with van der Waals surface area (Å²) in [6.45, 7) is 1.38. The summed E-state index contributed by atoms with van der Waals surface area (Å²) < 4.78 is 82.6. The lowest BCUT2D eigenvalue weighted by Crippen LogP contribution is -2.10. The Labute approximate surface area is 175 Å². The molecular formula is C20H13F6NO3S. The molecule has 0 saturated carbocycles. The van der Waals surface area contributed by atoms with Crippen LogP contribution in [0, 0.1) is 0 Å². The number of carbonyl (C=O) groups is 1. The van der Waals surface area contributed by atoms with Crippen molar-refractivity contribution in [2.24, 2.45) is 0 Å². The molecule has 0 spiro atoms. The van der Waals surface area contributed by atoms with Gasteiger partial charge in [-0.25, -0.2) is 4.98 Å². The minimum Gasteiger partial charge on any atom is -0.480 e. The van der Waals surface area contributed by atoms with Gasteiger partial charge in [-0.1, -0.05) is 36.0 Å². The van der Waals surface area contributed by atoms with Crippen LogP contribution in [0.3, 0.4) is 0 Å². The Balaban J connectivity index is 2.06. The third-order valence-electron chi connectivity index (χ3n) is 4.19. The van der Waals surface area contributed by atoms with Crippen molar-refractivity contribution in [1.82, 2.24) is 4.98 Å². The molecule has 2 aromatic carbocycles. The molecule has 0 saturated heterocycles. The molecule has 0 fully saturated rings. The number of rotatable bonds is 5. The highest BCUT2D eigenvalue weighted by Crippen LogP contribution is 2.39. The third-order valence-corrected chi connectivity index (χ3v) is 5.12. The number of aromatic nitrogens is 1. The number of hydrogen-bond acceptors (Lipinski definition) is 4. The van der Waals surface area contributed by atoms with E-state index in [1.165, 1.54) is 6.92 Å². The molecular weight excluding hydrogens is 448 g/mol. The lowest BCUT2D eigenvalue weighted by Gasteiger charge is -2.08. The summed E-state index contributed by atoms with van der Waals surface area (Å²) in [6, 6.07) is 7.95. The number of aliphatic carboxylic acids is 1. The van der Waals surface area contributed by atoms with Gasteiger partial charge in [0.05, 0.1) is 11.1 Å². The van der Waals surface area contributed by atoms with E-state index in [4.69, 9.17) is 9.52 Å². The predicted octanol–water partition coefficient (Wildman–Crippen LogP) is 6.61. The van der Waals surface area contributed by atoms with E-state index < -0.39 is 34.7 Å². The van der Waals surface area contributed by atoms with Crippen LogP contribution in [0.5, 0.6) is 0 Å². The lowest BCUT2D eigenvalue weighted by molar-refractivity contribution is -0.138. The van der Waals surface area contributed by atoms with Crippen LogP contribution in [0.2, 0.25) is 0 Å². The van der Waals surface area contributed by atoms with Gasteiger partial charge in [0.15, 0.2) is 5.76 Å². The summed E-state index contributed by atoms with van der Waals surface area (Å²) in [5.41, 5.74) is -1.27. The van der Waals surface area contributed by atoms with Gasteiger partial charge in [0.25, 0.3) is 5.22 Å². The zero-order valence-electron chi connectivity index (χ0n) is 15.6. The van der Waals surface area contributed by atoms with Crippen LogP contribution in [0.25, 0.3) is 22.6 Å². The van der Waals surface area contributed by atoms with Gasteiger partial charge in [-0.15, -0.1) is 0 Å². The number of carboxylic acid groups (broad SMARTS) is 1. The van der Waals surface area contributed by atoms with Gasteiger partial charge in [-0.3, -0.25) is 4.79 Å². The van der Waals surface area contributed by atoms with Gasteiger partial charge in [0, 0.05) is 11.1 Å². The molecule has 0 aliphatic carbocycles. The Morgan fingerprint density at radius 1 is 0.903 bits per heavy atom. The van der Waals surface area contributed by atoms with Crippen molar-refractivity contribution in [2.45, 2.75) is 29.7 Å². The van der Waals surface area contributed by atoms with E-state index in [9.17, 15) is 31.1 Å². The van der Waals surface area contributed by atoms with Gasteiger partial charge >= 0.3 is 18.3 Å². The Morgan fingerprint density at radius 2 is 1.35 bits per heavy atom. The van der Waals surface area contributed by atoms with Crippen LogP contribution in [0.4, 0.5) is 26.3 Å². The number of thioether (sulfide) groups is 1. The second-order valence-electron chi connectivity index (χ2n) is 6.41. The maximum absolute atomic E-state index is 12.8. The summed E-state index contributed by atoms with van der Waals surface area (Å²) in [4.78, 5) is 15.3. The van der Waals surface area contributed by atoms with E-state index in [0.29, 0.717) is 0 Å². The van der Waals surface area contributed by atoms with Gasteiger partial charge in [-0.2, -0.15) is 26.3 Å². The van der Waals surface area contributed by atoms with Gasteiger partial charge in [0.1, 0.15) is 10.9 Å². The van der Waals surface area contributed by atoms with Crippen LogP contribution in [0.15, 0.2) is 58.2 Å². The Kier molecular flexibility index (Phi) is 6.08. The molecule has 0 aliphatic rings. The molecule has 1 N–H and O–H groups in total. The highest BCUT2D eigenvalue weighted by Gasteiger charge is 2.32. The SMILES string of the molecule is CC(Sc1nc(-c2ccc(C(F)(F)F)cc2)c(-c2ccc(C(F)(F)F)cc2)o1)C(=O)O. The number of carboxylic acids is 1. The fourth-order valence-electron chi connectivity index (χ4n) is 2.57. The van der Waals surface area contributed by atoms with Crippen molar-refractivity contribution in [3.05, 3.63) is 59.7 Å². The molecule has 0 radical (unpaired) electrons. The highest BCUT2D eigenvalue weighted by molar-refractivity contribution is 8.00. The number of benzene rings is 2. The van der Waals surface area contributed by atoms with Crippen molar-refractivity contribution in [2.75, 3.05) is 0 Å². The van der Waals surface area contributed by atoms with E-state index in [-0.39, 0.29) is 27.8 Å². The number of oxazole rings is 1. The monoisotopic (exact) mass is 461 g/mol. The molecule has 1 aromatic heterocycles. The van der Waals surface area contributed by atoms with E-state index >= 15 is 0 Å². The van der Waals surface area contributed by atoms with Crippen LogP contribution in [-0.2, 0) is 17.1 Å². The second kappa shape index (κ2) is 8.29. The molecule has 3 aromatic rings. The Bertz CT molecular complexity index is 997. The minimum atomic E-state index is -4.55. The molecule has 31 heavy (non-hydrogen) atoms. The second-order valence-corrected chi connectivity index (χ2v) is 7.70. The number of hydrogen-bond donors (Lipinski definition) is 1. The fraction of sp³-hybridized carbons (Fsp3) is 0.200. The van der Waals surface area contributed by atoms with Gasteiger partial charge in [-0.05, 0) is 31.2 Å². The molecule has 0 bridgehead atoms. The van der Waals surface area contributed by atoms with Crippen molar-refractivity contribution >= 4 is 17.7 Å². The van der Waals surface area contributed by atoms with Crippen molar-refractivity contribution in [1.29, 1.82) is 0 Å². The zero-order valence-corrected chi connectivity index (χ0v) is 16.4. The van der Waals surface area contributed by atoms with Crippen LogP contribution >= 0.6 is 11.8 Å². The molecule has 1 atom stereocenters. The number of nitrogens with zero attached hydrogens (tertiary/aromatic N) is 1. The lowest BCUT2D eigenvalue weighted by atomic mass is 10.0. The summed E-state index contributed by atoms with van der Waals surface area (Å²) in [7, 11) is 0. The maximum atomic E-state index is 12.8. The van der Waals surface area contributed by atoms with Crippen LogP contribution < -0.4 is 0 Å². The van der Waals surface area contributed by atoms with E-state index in [2.05, 4.69) is 4.98 Å². The topological polar surface area (TPSA) is 63.3 Å². The van der Waals surface area contributed by atoms with Crippen molar-refractivity contribution in [3.8, 4) is 22.6 Å². The molecule has 1 heterocycles. The number of halogens is 6. The van der Waals surface area contributed by atoms with Crippen molar-refractivity contribution in [3.63, 3.8) is 0 Å². The highest BCUT2D eigenvalue weighted by atomic mass is 32.2. The normalized spacial score (nSPS) is 13.3. The first-order valence-electron chi connectivity index (χ1n) is 8.62.